The van der Waals surface area contributed by atoms with Gasteiger partial charge in [0.05, 0.1) is 18.0 Å². The van der Waals surface area contributed by atoms with E-state index in [1.165, 1.54) is 10.6 Å². The Morgan fingerprint density at radius 1 is 1.03 bits per heavy atom. The lowest BCUT2D eigenvalue weighted by Crippen LogP contribution is -2.46. The molecule has 3 heterocycles. The fourth-order valence-electron chi connectivity index (χ4n) is 5.65. The first-order chi connectivity index (χ1) is 18.3. The highest BCUT2D eigenvalue weighted by Gasteiger charge is 2.29. The fourth-order valence-corrected chi connectivity index (χ4v) is 6.74. The lowest BCUT2D eigenvalue weighted by molar-refractivity contribution is -0.121. The maximum absolute atomic E-state index is 14.1. The summed E-state index contributed by atoms with van der Waals surface area (Å²) >= 11 is 1.85. The van der Waals surface area contributed by atoms with Gasteiger partial charge in [0.1, 0.15) is 11.5 Å². The van der Waals surface area contributed by atoms with Crippen molar-refractivity contribution in [2.75, 3.05) is 30.5 Å². The van der Waals surface area contributed by atoms with Crippen molar-refractivity contribution in [3.63, 3.8) is 0 Å². The van der Waals surface area contributed by atoms with Crippen molar-refractivity contribution in [2.24, 2.45) is 0 Å². The summed E-state index contributed by atoms with van der Waals surface area (Å²) in [6.07, 6.45) is 5.52. The number of thioether (sulfide) groups is 1. The zero-order valence-corrected chi connectivity index (χ0v) is 22.7. The van der Waals surface area contributed by atoms with E-state index in [1.54, 1.807) is 4.57 Å². The molecule has 0 bridgehead atoms. The molecule has 0 spiro atoms. The van der Waals surface area contributed by atoms with Crippen LogP contribution in [0, 0.1) is 5.82 Å². The minimum Gasteiger partial charge on any atom is -0.378 e. The van der Waals surface area contributed by atoms with Crippen molar-refractivity contribution in [1.29, 1.82) is 0 Å². The van der Waals surface area contributed by atoms with E-state index < -0.39 is 11.4 Å². The van der Waals surface area contributed by atoms with Crippen LogP contribution in [-0.2, 0) is 11.2 Å². The minimum absolute atomic E-state index is 0.00679. The molecule has 1 saturated heterocycles. The molecule has 5 rings (SSSR count). The van der Waals surface area contributed by atoms with Gasteiger partial charge in [0.2, 0.25) is 5.91 Å². The van der Waals surface area contributed by atoms with Gasteiger partial charge in [-0.2, -0.15) is 11.8 Å². The SMILES string of the molecule is CN(C)c1ccc(CC(=O)NC2CCC(n3c(=O)c4cc(F)cnc4n(C4CCSCC4)c3=O)CC2)cc1. The Kier molecular flexibility index (Phi) is 7.88. The van der Waals surface area contributed by atoms with E-state index in [4.69, 9.17) is 0 Å². The number of carbonyl (C=O) groups excluding carboxylic acids is 1. The molecule has 10 heteroatoms. The molecule has 8 nitrogen and oxygen atoms in total. The number of benzene rings is 1. The first-order valence-corrected chi connectivity index (χ1v) is 14.4. The van der Waals surface area contributed by atoms with Crippen molar-refractivity contribution in [3.8, 4) is 0 Å². The van der Waals surface area contributed by atoms with Gasteiger partial charge in [-0.05, 0) is 73.8 Å². The molecule has 202 valence electrons. The predicted octanol–water partition coefficient (Wildman–Crippen LogP) is 3.67. The summed E-state index contributed by atoms with van der Waals surface area (Å²) in [6, 6.07) is 8.76. The molecule has 2 aliphatic rings. The third kappa shape index (κ3) is 5.50. The quantitative estimate of drug-likeness (QED) is 0.514. The molecule has 1 aromatic carbocycles. The molecule has 0 unspecified atom stereocenters. The van der Waals surface area contributed by atoms with Crippen LogP contribution in [0.5, 0.6) is 0 Å². The van der Waals surface area contributed by atoms with Gasteiger partial charge < -0.3 is 10.2 Å². The van der Waals surface area contributed by atoms with Crippen molar-refractivity contribution in [1.82, 2.24) is 19.4 Å². The van der Waals surface area contributed by atoms with Gasteiger partial charge >= 0.3 is 5.69 Å². The minimum atomic E-state index is -0.590. The Morgan fingerprint density at radius 3 is 2.34 bits per heavy atom. The molecule has 0 radical (unpaired) electrons. The summed E-state index contributed by atoms with van der Waals surface area (Å²) in [7, 11) is 3.95. The van der Waals surface area contributed by atoms with Crippen molar-refractivity contribution < 1.29 is 9.18 Å². The van der Waals surface area contributed by atoms with Crippen LogP contribution in [0.3, 0.4) is 0 Å². The molecule has 3 aromatic rings. The zero-order chi connectivity index (χ0) is 26.8. The number of rotatable bonds is 6. The molecule has 2 fully saturated rings. The van der Waals surface area contributed by atoms with Gasteiger partial charge in [-0.25, -0.2) is 14.2 Å². The van der Waals surface area contributed by atoms with Crippen molar-refractivity contribution in [2.45, 2.75) is 63.1 Å². The largest absolute Gasteiger partial charge is 0.378 e. The number of amides is 1. The summed E-state index contributed by atoms with van der Waals surface area (Å²) in [5.74, 6) is 1.24. The summed E-state index contributed by atoms with van der Waals surface area (Å²) in [6.45, 7) is 0. The topological polar surface area (TPSA) is 89.2 Å². The Labute approximate surface area is 225 Å². The van der Waals surface area contributed by atoms with Gasteiger partial charge in [-0.1, -0.05) is 12.1 Å². The fraction of sp³-hybridized carbons (Fsp3) is 0.500. The Bertz CT molecular complexity index is 1420. The third-order valence-electron chi connectivity index (χ3n) is 7.72. The van der Waals surface area contributed by atoms with Crippen LogP contribution >= 0.6 is 11.8 Å². The average molecular weight is 540 g/mol. The van der Waals surface area contributed by atoms with Crippen LogP contribution in [-0.4, -0.2) is 51.7 Å². The van der Waals surface area contributed by atoms with E-state index in [0.29, 0.717) is 32.1 Å². The number of anilines is 1. The van der Waals surface area contributed by atoms with Crippen LogP contribution in [0.15, 0.2) is 46.1 Å². The highest BCUT2D eigenvalue weighted by molar-refractivity contribution is 7.99. The number of halogens is 1. The second-order valence-corrected chi connectivity index (χ2v) is 11.7. The van der Waals surface area contributed by atoms with Gasteiger partial charge in [0.15, 0.2) is 0 Å². The van der Waals surface area contributed by atoms with Crippen molar-refractivity contribution in [3.05, 3.63) is 68.7 Å². The number of hydrogen-bond donors (Lipinski definition) is 1. The highest BCUT2D eigenvalue weighted by Crippen LogP contribution is 2.30. The van der Waals surface area contributed by atoms with Crippen molar-refractivity contribution >= 4 is 34.4 Å². The lowest BCUT2D eigenvalue weighted by atomic mass is 9.90. The molecule has 1 aliphatic carbocycles. The van der Waals surface area contributed by atoms with E-state index in [9.17, 15) is 18.8 Å². The second-order valence-electron chi connectivity index (χ2n) is 10.5. The Hall–Kier alpha value is -3.14. The van der Waals surface area contributed by atoms with Crippen LogP contribution in [0.4, 0.5) is 10.1 Å². The van der Waals surface area contributed by atoms with Gasteiger partial charge in [-0.15, -0.1) is 0 Å². The van der Waals surface area contributed by atoms with Gasteiger partial charge in [0, 0.05) is 37.9 Å². The molecular weight excluding hydrogens is 505 g/mol. The molecule has 1 N–H and O–H groups in total. The first kappa shape index (κ1) is 26.5. The molecular formula is C28H34FN5O3S. The Morgan fingerprint density at radius 2 is 1.68 bits per heavy atom. The van der Waals surface area contributed by atoms with E-state index in [1.807, 2.05) is 55.0 Å². The second kappa shape index (κ2) is 11.3. The number of pyridine rings is 1. The number of nitrogens with zero attached hydrogens (tertiary/aromatic N) is 4. The zero-order valence-electron chi connectivity index (χ0n) is 21.9. The van der Waals surface area contributed by atoms with Crippen LogP contribution in [0.2, 0.25) is 0 Å². The maximum atomic E-state index is 14.1. The average Bonchev–Trinajstić information content (AvgIpc) is 2.91. The third-order valence-corrected chi connectivity index (χ3v) is 8.77. The smallest absolute Gasteiger partial charge is 0.333 e. The Balaban J connectivity index is 1.31. The molecule has 38 heavy (non-hydrogen) atoms. The first-order valence-electron chi connectivity index (χ1n) is 13.3. The maximum Gasteiger partial charge on any atom is 0.333 e. The standard InChI is InChI=1S/C28H34FN5O3S/c1-32(2)21-7-3-18(4-8-21)15-25(35)31-20-5-9-22(10-6-20)34-27(36)24-16-19(29)17-30-26(24)33(28(34)37)23-11-13-38-14-12-23/h3-4,7-8,16-17,20,22-23H,5-6,9-15H2,1-2H3,(H,31,35). The van der Waals surface area contributed by atoms with Crippen LogP contribution in [0.25, 0.3) is 11.0 Å². The molecule has 1 amide bonds. The van der Waals surface area contributed by atoms with E-state index in [2.05, 4.69) is 10.3 Å². The predicted molar refractivity (Wildman–Crippen MR) is 150 cm³/mol. The summed E-state index contributed by atoms with van der Waals surface area (Å²) in [4.78, 5) is 46.0. The number of aromatic nitrogens is 3. The van der Waals surface area contributed by atoms with E-state index in [0.717, 1.165) is 41.8 Å². The van der Waals surface area contributed by atoms with E-state index >= 15 is 0 Å². The number of hydrogen-bond acceptors (Lipinski definition) is 6. The highest BCUT2D eigenvalue weighted by atomic mass is 32.2. The normalized spacial score (nSPS) is 20.4. The molecule has 0 atom stereocenters. The molecule has 2 aromatic heterocycles. The van der Waals surface area contributed by atoms with Crippen LogP contribution < -0.4 is 21.5 Å². The monoisotopic (exact) mass is 539 g/mol. The number of fused-ring (bicyclic) bond motifs is 1. The summed E-state index contributed by atoms with van der Waals surface area (Å²) in [5.41, 5.74) is 1.47. The van der Waals surface area contributed by atoms with Gasteiger partial charge in [-0.3, -0.25) is 18.7 Å². The summed E-state index contributed by atoms with van der Waals surface area (Å²) in [5, 5.41) is 3.28. The number of carbonyl (C=O) groups is 1. The number of nitrogens with one attached hydrogen (secondary N) is 1. The van der Waals surface area contributed by atoms with E-state index in [-0.39, 0.29) is 40.8 Å². The van der Waals surface area contributed by atoms with Crippen LogP contribution in [0.1, 0.15) is 56.2 Å². The van der Waals surface area contributed by atoms with Gasteiger partial charge in [0.25, 0.3) is 5.56 Å². The summed E-state index contributed by atoms with van der Waals surface area (Å²) < 4.78 is 17.1. The molecule has 1 aliphatic heterocycles. The lowest BCUT2D eigenvalue weighted by Gasteiger charge is -2.31. The molecule has 1 saturated carbocycles.